The second-order valence-corrected chi connectivity index (χ2v) is 12.6. The summed E-state index contributed by atoms with van der Waals surface area (Å²) in [5.41, 5.74) is 2.87. The monoisotopic (exact) mass is 398 g/mol. The molecule has 4 saturated carbocycles. The van der Waals surface area contributed by atoms with Crippen molar-refractivity contribution in [1.29, 1.82) is 0 Å². The molecule has 164 valence electrons. The van der Waals surface area contributed by atoms with Crippen molar-refractivity contribution in [2.75, 3.05) is 7.11 Å². The minimum Gasteiger partial charge on any atom is -0.381 e. The summed E-state index contributed by atoms with van der Waals surface area (Å²) in [6, 6.07) is 0. The molecule has 29 heavy (non-hydrogen) atoms. The van der Waals surface area contributed by atoms with Crippen LogP contribution >= 0.6 is 0 Å². The normalized spacial score (nSPS) is 52.2. The van der Waals surface area contributed by atoms with Gasteiger partial charge in [-0.2, -0.15) is 0 Å². The average molecular weight is 399 g/mol. The van der Waals surface area contributed by atoms with Gasteiger partial charge < -0.3 is 4.74 Å². The zero-order valence-corrected chi connectivity index (χ0v) is 19.9. The van der Waals surface area contributed by atoms with Gasteiger partial charge in [-0.25, -0.2) is 0 Å². The van der Waals surface area contributed by atoms with Gasteiger partial charge in [0.2, 0.25) is 0 Å². The van der Waals surface area contributed by atoms with Crippen LogP contribution in [0.15, 0.2) is 11.6 Å². The fourth-order valence-electron chi connectivity index (χ4n) is 9.28. The summed E-state index contributed by atoms with van der Waals surface area (Å²) in [5, 5.41) is 0. The Bertz CT molecular complexity index is 651. The molecule has 5 aliphatic rings. The highest BCUT2D eigenvalue weighted by Crippen LogP contribution is 2.67. The lowest BCUT2D eigenvalue weighted by molar-refractivity contribution is -0.0601. The second kappa shape index (κ2) is 7.39. The first-order chi connectivity index (χ1) is 13.9. The van der Waals surface area contributed by atoms with Crippen molar-refractivity contribution in [2.24, 2.45) is 52.3 Å². The van der Waals surface area contributed by atoms with Crippen LogP contribution in [-0.2, 0) is 4.74 Å². The highest BCUT2D eigenvalue weighted by Gasteiger charge is 2.59. The molecule has 7 unspecified atom stereocenters. The molecule has 0 aliphatic heterocycles. The summed E-state index contributed by atoms with van der Waals surface area (Å²) < 4.78 is 5.76. The van der Waals surface area contributed by atoms with Crippen LogP contribution in [-0.4, -0.2) is 13.2 Å². The second-order valence-electron chi connectivity index (χ2n) is 12.6. The van der Waals surface area contributed by atoms with E-state index in [1.807, 2.05) is 7.11 Å². The Labute approximate surface area is 180 Å². The highest BCUT2D eigenvalue weighted by atomic mass is 16.5. The molecule has 0 aromatic heterocycles. The van der Waals surface area contributed by atoms with E-state index in [2.05, 4.69) is 33.8 Å². The number of hydrogen-bond acceptors (Lipinski definition) is 1. The first-order valence-corrected chi connectivity index (χ1v) is 13.1. The van der Waals surface area contributed by atoms with Gasteiger partial charge in [0.25, 0.3) is 0 Å². The number of methoxy groups -OCH3 is 1. The Morgan fingerprint density at radius 1 is 1.10 bits per heavy atom. The van der Waals surface area contributed by atoms with Crippen molar-refractivity contribution < 1.29 is 4.74 Å². The summed E-state index contributed by atoms with van der Waals surface area (Å²) in [6.45, 7) is 10.4. The van der Waals surface area contributed by atoms with Crippen LogP contribution in [0.4, 0.5) is 0 Å². The van der Waals surface area contributed by atoms with Crippen LogP contribution < -0.4 is 0 Å². The minimum atomic E-state index is 0.477. The molecule has 0 saturated heterocycles. The van der Waals surface area contributed by atoms with Crippen molar-refractivity contribution in [3.63, 3.8) is 0 Å². The predicted octanol–water partition coefficient (Wildman–Crippen LogP) is 7.65. The maximum Gasteiger partial charge on any atom is 0.0608 e. The van der Waals surface area contributed by atoms with E-state index < -0.39 is 0 Å². The highest BCUT2D eigenvalue weighted by molar-refractivity contribution is 5.25. The molecule has 0 aromatic carbocycles. The standard InChI is InChI=1S/C28H46O/c1-18(6-7-20-16-19(20)2)24-10-11-25-23-9-8-21-17-22(29-5)12-14-27(21,3)26(23)13-15-28(24,25)4/h8,18-20,22-26H,6-7,9-17H2,1-5H3/t18?,19?,20?,22-,23?,24?,25?,26?,27-,28+/m0/s1. The number of ether oxygens (including phenoxy) is 1. The molecule has 10 atom stereocenters. The Morgan fingerprint density at radius 3 is 2.62 bits per heavy atom. The van der Waals surface area contributed by atoms with Gasteiger partial charge in [-0.15, -0.1) is 0 Å². The van der Waals surface area contributed by atoms with E-state index in [0.717, 1.165) is 41.4 Å². The Kier molecular flexibility index (Phi) is 5.25. The molecule has 5 aliphatic carbocycles. The third-order valence-corrected chi connectivity index (χ3v) is 11.4. The lowest BCUT2D eigenvalue weighted by Crippen LogP contribution is -2.50. The summed E-state index contributed by atoms with van der Waals surface area (Å²) in [7, 11) is 1.91. The smallest absolute Gasteiger partial charge is 0.0608 e. The van der Waals surface area contributed by atoms with Gasteiger partial charge in [-0.1, -0.05) is 45.8 Å². The molecule has 0 bridgehead atoms. The summed E-state index contributed by atoms with van der Waals surface area (Å²) in [6.07, 6.45) is 18.9. The van der Waals surface area contributed by atoms with Gasteiger partial charge in [0.1, 0.15) is 0 Å². The third kappa shape index (κ3) is 3.28. The lowest BCUT2D eigenvalue weighted by Gasteiger charge is -2.58. The zero-order chi connectivity index (χ0) is 20.4. The fourth-order valence-corrected chi connectivity index (χ4v) is 9.28. The van der Waals surface area contributed by atoms with Gasteiger partial charge in [0.05, 0.1) is 6.10 Å². The summed E-state index contributed by atoms with van der Waals surface area (Å²) >= 11 is 0. The van der Waals surface area contributed by atoms with E-state index in [1.165, 1.54) is 70.6 Å². The van der Waals surface area contributed by atoms with Crippen LogP contribution in [0.5, 0.6) is 0 Å². The van der Waals surface area contributed by atoms with Crippen molar-refractivity contribution in [2.45, 2.75) is 104 Å². The molecule has 5 rings (SSSR count). The van der Waals surface area contributed by atoms with Crippen LogP contribution in [0, 0.1) is 52.3 Å². The summed E-state index contributed by atoms with van der Waals surface area (Å²) in [4.78, 5) is 0. The van der Waals surface area contributed by atoms with E-state index in [1.54, 1.807) is 5.57 Å². The van der Waals surface area contributed by atoms with Crippen molar-refractivity contribution in [1.82, 2.24) is 0 Å². The quantitative estimate of drug-likeness (QED) is 0.432. The number of hydrogen-bond donors (Lipinski definition) is 0. The lowest BCUT2D eigenvalue weighted by atomic mass is 9.47. The van der Waals surface area contributed by atoms with Crippen LogP contribution in [0.25, 0.3) is 0 Å². The molecule has 0 heterocycles. The Morgan fingerprint density at radius 2 is 1.90 bits per heavy atom. The maximum absolute atomic E-state index is 5.76. The number of rotatable bonds is 5. The zero-order valence-electron chi connectivity index (χ0n) is 19.9. The molecule has 0 N–H and O–H groups in total. The number of allylic oxidation sites excluding steroid dienone is 1. The van der Waals surface area contributed by atoms with Crippen molar-refractivity contribution in [3.8, 4) is 0 Å². The van der Waals surface area contributed by atoms with E-state index in [-0.39, 0.29) is 0 Å². The molecule has 1 nitrogen and oxygen atoms in total. The molecular formula is C28H46O. The van der Waals surface area contributed by atoms with Crippen molar-refractivity contribution >= 4 is 0 Å². The van der Waals surface area contributed by atoms with Gasteiger partial charge in [-0.3, -0.25) is 0 Å². The van der Waals surface area contributed by atoms with Crippen LogP contribution in [0.2, 0.25) is 0 Å². The van der Waals surface area contributed by atoms with E-state index >= 15 is 0 Å². The first-order valence-electron chi connectivity index (χ1n) is 13.1. The van der Waals surface area contributed by atoms with E-state index in [4.69, 9.17) is 4.74 Å². The SMILES string of the molecule is CO[C@H]1CC[C@@]2(C)C(=CCC3C4CCC(C(C)CCC5CC5C)[C@@]4(C)CCC32)C1. The molecule has 0 spiro atoms. The molecule has 0 radical (unpaired) electrons. The molecule has 0 aromatic rings. The topological polar surface area (TPSA) is 9.23 Å². The van der Waals surface area contributed by atoms with Gasteiger partial charge in [0.15, 0.2) is 0 Å². The minimum absolute atomic E-state index is 0.477. The predicted molar refractivity (Wildman–Crippen MR) is 122 cm³/mol. The van der Waals surface area contributed by atoms with Crippen LogP contribution in [0.3, 0.4) is 0 Å². The van der Waals surface area contributed by atoms with Gasteiger partial charge in [0, 0.05) is 7.11 Å². The third-order valence-electron chi connectivity index (χ3n) is 11.4. The van der Waals surface area contributed by atoms with Crippen LogP contribution in [0.1, 0.15) is 98.3 Å². The molecular weight excluding hydrogens is 352 g/mol. The molecule has 0 amide bonds. The Balaban J connectivity index is 1.31. The molecule has 1 heteroatoms. The maximum atomic E-state index is 5.76. The number of fused-ring (bicyclic) bond motifs is 5. The average Bonchev–Trinajstić information content (AvgIpc) is 3.29. The van der Waals surface area contributed by atoms with E-state index in [0.29, 0.717) is 16.9 Å². The van der Waals surface area contributed by atoms with Gasteiger partial charge >= 0.3 is 0 Å². The summed E-state index contributed by atoms with van der Waals surface area (Å²) in [5.74, 6) is 6.93. The van der Waals surface area contributed by atoms with Crippen molar-refractivity contribution in [3.05, 3.63) is 11.6 Å². The fraction of sp³-hybridized carbons (Fsp3) is 0.929. The Hall–Kier alpha value is -0.300. The van der Waals surface area contributed by atoms with E-state index in [9.17, 15) is 0 Å². The first kappa shape index (κ1) is 20.6. The van der Waals surface area contributed by atoms with Gasteiger partial charge in [-0.05, 0) is 116 Å². The molecule has 4 fully saturated rings. The largest absolute Gasteiger partial charge is 0.381 e.